The highest BCUT2D eigenvalue weighted by atomic mass is 32.1. The maximum absolute atomic E-state index is 12.6. The maximum Gasteiger partial charge on any atom is 0.268 e. The van der Waals surface area contributed by atoms with Crippen LogP contribution < -0.4 is 10.6 Å². The molecule has 1 aromatic carbocycles. The first kappa shape index (κ1) is 17.9. The molecule has 5 heteroatoms. The molecule has 0 spiro atoms. The van der Waals surface area contributed by atoms with Crippen molar-refractivity contribution < 1.29 is 9.59 Å². The zero-order valence-corrected chi connectivity index (χ0v) is 14.9. The third kappa shape index (κ3) is 5.06. The van der Waals surface area contributed by atoms with Gasteiger partial charge in [-0.2, -0.15) is 0 Å². The lowest BCUT2D eigenvalue weighted by molar-refractivity contribution is -0.119. The summed E-state index contributed by atoms with van der Waals surface area (Å²) >= 11 is 1.51. The molecular formula is C19H22N2O2S. The summed E-state index contributed by atoms with van der Waals surface area (Å²) in [5.74, 6) is -0.595. The van der Waals surface area contributed by atoms with Crippen LogP contribution in [0.15, 0.2) is 53.5 Å². The summed E-state index contributed by atoms with van der Waals surface area (Å²) in [6.45, 7) is 5.91. The molecule has 0 bridgehead atoms. The molecule has 0 aliphatic carbocycles. The van der Waals surface area contributed by atoms with E-state index in [1.54, 1.807) is 30.3 Å². The molecule has 0 atom stereocenters. The summed E-state index contributed by atoms with van der Waals surface area (Å²) in [6, 6.07) is 12.7. The summed E-state index contributed by atoms with van der Waals surface area (Å²) in [5.41, 5.74) is 0.410. The zero-order valence-electron chi connectivity index (χ0n) is 14.1. The number of carbonyl (C=O) groups excluding carboxylic acids is 2. The minimum absolute atomic E-state index is 0.243. The molecular weight excluding hydrogens is 320 g/mol. The smallest absolute Gasteiger partial charge is 0.268 e. The van der Waals surface area contributed by atoms with Crippen LogP contribution in [0.3, 0.4) is 0 Å². The fraction of sp³-hybridized carbons (Fsp3) is 0.263. The molecule has 0 aliphatic heterocycles. The van der Waals surface area contributed by atoms with Gasteiger partial charge in [-0.15, -0.1) is 11.3 Å². The fourth-order valence-corrected chi connectivity index (χ4v) is 2.58. The number of thiophene rings is 1. The highest BCUT2D eigenvalue weighted by Crippen LogP contribution is 2.15. The first-order chi connectivity index (χ1) is 11.4. The van der Waals surface area contributed by atoms with Gasteiger partial charge in [0.2, 0.25) is 0 Å². The van der Waals surface area contributed by atoms with Crippen molar-refractivity contribution in [3.63, 3.8) is 0 Å². The normalized spacial score (nSPS) is 11.9. The Morgan fingerprint density at radius 1 is 1.12 bits per heavy atom. The molecule has 1 heterocycles. The first-order valence-electron chi connectivity index (χ1n) is 7.85. The van der Waals surface area contributed by atoms with Gasteiger partial charge >= 0.3 is 0 Å². The lowest BCUT2D eigenvalue weighted by atomic mass is 10.0. The van der Waals surface area contributed by atoms with E-state index in [4.69, 9.17) is 0 Å². The van der Waals surface area contributed by atoms with Gasteiger partial charge in [-0.1, -0.05) is 31.2 Å². The number of amides is 2. The molecule has 2 N–H and O–H groups in total. The number of hydrogen-bond donors (Lipinski definition) is 2. The second-order valence-corrected chi connectivity index (χ2v) is 7.06. The second-order valence-electron chi connectivity index (χ2n) is 6.09. The number of benzene rings is 1. The Kier molecular flexibility index (Phi) is 5.93. The zero-order chi connectivity index (χ0) is 17.6. The summed E-state index contributed by atoms with van der Waals surface area (Å²) in [7, 11) is 0. The standard InChI is InChI=1S/C19H22N2O2S/c1-4-19(2,3)21-18(23)16(13-15-11-8-12-24-15)20-17(22)14-9-6-5-7-10-14/h5-13H,4H2,1-3H3,(H,20,22)(H,21,23)/b16-13-. The van der Waals surface area contributed by atoms with Crippen molar-refractivity contribution >= 4 is 29.2 Å². The predicted octanol–water partition coefficient (Wildman–Crippen LogP) is 3.82. The molecule has 0 saturated carbocycles. The van der Waals surface area contributed by atoms with Gasteiger partial charge in [0.1, 0.15) is 5.70 Å². The van der Waals surface area contributed by atoms with Gasteiger partial charge in [0.15, 0.2) is 0 Å². The first-order valence-corrected chi connectivity index (χ1v) is 8.73. The van der Waals surface area contributed by atoms with E-state index in [1.807, 2.05) is 44.4 Å². The minimum atomic E-state index is -0.344. The van der Waals surface area contributed by atoms with E-state index in [-0.39, 0.29) is 23.1 Å². The van der Waals surface area contributed by atoms with Crippen LogP contribution in [0.4, 0.5) is 0 Å². The van der Waals surface area contributed by atoms with Crippen molar-refractivity contribution in [2.75, 3.05) is 0 Å². The van der Waals surface area contributed by atoms with Crippen molar-refractivity contribution in [2.24, 2.45) is 0 Å². The van der Waals surface area contributed by atoms with E-state index in [0.717, 1.165) is 11.3 Å². The van der Waals surface area contributed by atoms with Crippen molar-refractivity contribution in [1.29, 1.82) is 0 Å². The molecule has 4 nitrogen and oxygen atoms in total. The molecule has 2 aromatic rings. The van der Waals surface area contributed by atoms with E-state index in [1.165, 1.54) is 11.3 Å². The van der Waals surface area contributed by atoms with Crippen molar-refractivity contribution in [3.8, 4) is 0 Å². The lowest BCUT2D eigenvalue weighted by Crippen LogP contribution is -2.46. The molecule has 126 valence electrons. The third-order valence-corrected chi connectivity index (χ3v) is 4.51. The summed E-state index contributed by atoms with van der Waals surface area (Å²) < 4.78 is 0. The monoisotopic (exact) mass is 342 g/mol. The Hall–Kier alpha value is -2.40. The van der Waals surface area contributed by atoms with Gasteiger partial charge in [0.05, 0.1) is 0 Å². The van der Waals surface area contributed by atoms with Crippen LogP contribution in [-0.4, -0.2) is 17.4 Å². The van der Waals surface area contributed by atoms with E-state index < -0.39 is 0 Å². The SMILES string of the molecule is CCC(C)(C)NC(=O)/C(=C/c1cccs1)NC(=O)c1ccccc1. The average molecular weight is 342 g/mol. The Labute approximate surface area is 146 Å². The van der Waals surface area contributed by atoms with Gasteiger partial charge in [0, 0.05) is 16.0 Å². The lowest BCUT2D eigenvalue weighted by Gasteiger charge is -2.25. The Bertz CT molecular complexity index is 719. The van der Waals surface area contributed by atoms with Gasteiger partial charge in [-0.3, -0.25) is 9.59 Å². The van der Waals surface area contributed by atoms with Gasteiger partial charge in [-0.05, 0) is 49.9 Å². The molecule has 2 rings (SSSR count). The van der Waals surface area contributed by atoms with E-state index in [9.17, 15) is 9.59 Å². The van der Waals surface area contributed by atoms with Crippen LogP contribution >= 0.6 is 11.3 Å². The number of rotatable bonds is 6. The van der Waals surface area contributed by atoms with E-state index in [0.29, 0.717) is 5.56 Å². The molecule has 2 amide bonds. The van der Waals surface area contributed by atoms with Crippen LogP contribution in [-0.2, 0) is 4.79 Å². The number of carbonyl (C=O) groups is 2. The summed E-state index contributed by atoms with van der Waals surface area (Å²) in [5, 5.41) is 7.62. The molecule has 24 heavy (non-hydrogen) atoms. The van der Waals surface area contributed by atoms with Gasteiger partial charge in [-0.25, -0.2) is 0 Å². The number of hydrogen-bond acceptors (Lipinski definition) is 3. The molecule has 0 aliphatic rings. The Morgan fingerprint density at radius 3 is 2.42 bits per heavy atom. The average Bonchev–Trinajstić information content (AvgIpc) is 3.07. The molecule has 1 aromatic heterocycles. The highest BCUT2D eigenvalue weighted by Gasteiger charge is 2.22. The van der Waals surface area contributed by atoms with Crippen molar-refractivity contribution in [2.45, 2.75) is 32.7 Å². The predicted molar refractivity (Wildman–Crippen MR) is 98.7 cm³/mol. The minimum Gasteiger partial charge on any atom is -0.346 e. The van der Waals surface area contributed by atoms with Crippen LogP contribution in [0.1, 0.15) is 42.4 Å². The molecule has 0 saturated heterocycles. The number of nitrogens with one attached hydrogen (secondary N) is 2. The van der Waals surface area contributed by atoms with Crippen molar-refractivity contribution in [3.05, 3.63) is 64.0 Å². The van der Waals surface area contributed by atoms with Crippen LogP contribution in [0.25, 0.3) is 6.08 Å². The van der Waals surface area contributed by atoms with Gasteiger partial charge in [0.25, 0.3) is 11.8 Å². The highest BCUT2D eigenvalue weighted by molar-refractivity contribution is 7.10. The van der Waals surface area contributed by atoms with E-state index >= 15 is 0 Å². The second kappa shape index (κ2) is 7.93. The Balaban J connectivity index is 2.24. The van der Waals surface area contributed by atoms with Crippen LogP contribution in [0.5, 0.6) is 0 Å². The topological polar surface area (TPSA) is 58.2 Å². The van der Waals surface area contributed by atoms with Crippen molar-refractivity contribution in [1.82, 2.24) is 10.6 Å². The molecule has 0 radical (unpaired) electrons. The summed E-state index contributed by atoms with van der Waals surface area (Å²) in [4.78, 5) is 25.9. The quantitative estimate of drug-likeness (QED) is 0.784. The largest absolute Gasteiger partial charge is 0.346 e. The van der Waals surface area contributed by atoms with Gasteiger partial charge < -0.3 is 10.6 Å². The maximum atomic E-state index is 12.6. The van der Waals surface area contributed by atoms with E-state index in [2.05, 4.69) is 10.6 Å². The Morgan fingerprint density at radius 2 is 1.83 bits per heavy atom. The van der Waals surface area contributed by atoms with Crippen LogP contribution in [0, 0.1) is 0 Å². The summed E-state index contributed by atoms with van der Waals surface area (Å²) in [6.07, 6.45) is 2.49. The fourth-order valence-electron chi connectivity index (χ4n) is 1.92. The van der Waals surface area contributed by atoms with Crippen LogP contribution in [0.2, 0.25) is 0 Å². The molecule has 0 fully saturated rings. The molecule has 0 unspecified atom stereocenters. The third-order valence-electron chi connectivity index (χ3n) is 3.69.